The summed E-state index contributed by atoms with van der Waals surface area (Å²) < 4.78 is 4.88. The molecule has 0 unspecified atom stereocenters. The van der Waals surface area contributed by atoms with Gasteiger partial charge in [-0.3, -0.25) is 9.20 Å². The number of nitrogens with zero attached hydrogens (tertiary/aromatic N) is 3. The van der Waals surface area contributed by atoms with Gasteiger partial charge in [0, 0.05) is 13.5 Å². The predicted octanol–water partition coefficient (Wildman–Crippen LogP) is 3.22. The predicted molar refractivity (Wildman–Crippen MR) is 84.8 cm³/mol. The summed E-state index contributed by atoms with van der Waals surface area (Å²) in [7, 11) is 1.92. The molecule has 5 nitrogen and oxygen atoms in total. The Kier molecular flexibility index (Phi) is 3.28. The lowest BCUT2D eigenvalue weighted by Crippen LogP contribution is -2.02. The highest BCUT2D eigenvalue weighted by Crippen LogP contribution is 2.29. The number of aromatic nitrogens is 3. The number of hydrogen-bond acceptors (Lipinski definition) is 2. The van der Waals surface area contributed by atoms with E-state index in [1.165, 1.54) is 11.1 Å². The second kappa shape index (κ2) is 4.87. The molecular weight excluding hydrogens is 334 g/mol. The maximum atomic E-state index is 10.8. The molecule has 0 fully saturated rings. The van der Waals surface area contributed by atoms with Gasteiger partial charge in [-0.25, -0.2) is 4.98 Å². The molecular formula is C15H16BrN3O2. The van der Waals surface area contributed by atoms with E-state index >= 15 is 0 Å². The summed E-state index contributed by atoms with van der Waals surface area (Å²) in [5.41, 5.74) is 5.37. The van der Waals surface area contributed by atoms with Gasteiger partial charge in [-0.2, -0.15) is 0 Å². The van der Waals surface area contributed by atoms with E-state index in [9.17, 15) is 4.79 Å². The third kappa shape index (κ3) is 2.14. The van der Waals surface area contributed by atoms with Crippen molar-refractivity contribution in [3.63, 3.8) is 0 Å². The number of aliphatic carboxylic acids is 1. The minimum absolute atomic E-state index is 0.107. The molecule has 0 aliphatic rings. The van der Waals surface area contributed by atoms with E-state index < -0.39 is 5.97 Å². The normalized spacial score (nSPS) is 11.6. The average molecular weight is 350 g/mol. The zero-order valence-corrected chi connectivity index (χ0v) is 13.7. The number of imidazole rings is 2. The van der Waals surface area contributed by atoms with Crippen molar-refractivity contribution in [3.05, 3.63) is 33.6 Å². The molecule has 3 rings (SSSR count). The average Bonchev–Trinajstić information content (AvgIpc) is 2.86. The summed E-state index contributed by atoms with van der Waals surface area (Å²) in [5.74, 6) is 0.0272. The molecule has 21 heavy (non-hydrogen) atoms. The molecule has 2 heterocycles. The van der Waals surface area contributed by atoms with Crippen LogP contribution in [0.4, 0.5) is 0 Å². The largest absolute Gasteiger partial charge is 0.481 e. The quantitative estimate of drug-likeness (QED) is 0.789. The maximum Gasteiger partial charge on any atom is 0.303 e. The third-order valence-corrected chi connectivity index (χ3v) is 4.78. The van der Waals surface area contributed by atoms with Crippen molar-refractivity contribution in [2.45, 2.75) is 26.7 Å². The van der Waals surface area contributed by atoms with Gasteiger partial charge in [0.25, 0.3) is 0 Å². The Labute approximate surface area is 130 Å². The second-order valence-electron chi connectivity index (χ2n) is 5.36. The van der Waals surface area contributed by atoms with Crippen molar-refractivity contribution < 1.29 is 9.90 Å². The first kappa shape index (κ1) is 14.1. The van der Waals surface area contributed by atoms with E-state index in [1.807, 2.05) is 16.0 Å². The van der Waals surface area contributed by atoms with Gasteiger partial charge in [0.15, 0.2) is 0 Å². The van der Waals surface area contributed by atoms with Crippen LogP contribution in [0.15, 0.2) is 16.7 Å². The number of carboxylic acid groups (broad SMARTS) is 1. The van der Waals surface area contributed by atoms with Crippen LogP contribution in [-0.4, -0.2) is 25.0 Å². The van der Waals surface area contributed by atoms with Crippen LogP contribution in [0, 0.1) is 13.8 Å². The number of benzene rings is 1. The lowest BCUT2D eigenvalue weighted by molar-refractivity contribution is -0.136. The molecule has 0 radical (unpaired) electrons. The highest BCUT2D eigenvalue weighted by molar-refractivity contribution is 9.10. The fraction of sp³-hybridized carbons (Fsp3) is 0.333. The number of hydrogen-bond donors (Lipinski definition) is 1. The van der Waals surface area contributed by atoms with Crippen LogP contribution in [0.2, 0.25) is 0 Å². The minimum atomic E-state index is -0.794. The number of carbonyl (C=O) groups is 1. The maximum absolute atomic E-state index is 10.8. The Hall–Kier alpha value is -1.82. The standard InChI is InChI=1S/C15H16BrN3O2/c1-8-6-10-12(7-9(8)2)19-14(16)11(4-5-13(20)21)18(3)15(19)17-10/h6-7H,4-5H2,1-3H3,(H,20,21). The van der Waals surface area contributed by atoms with Gasteiger partial charge < -0.3 is 9.67 Å². The number of rotatable bonds is 3. The van der Waals surface area contributed by atoms with Crippen molar-refractivity contribution in [2.75, 3.05) is 0 Å². The van der Waals surface area contributed by atoms with Crippen LogP contribution in [-0.2, 0) is 18.3 Å². The van der Waals surface area contributed by atoms with E-state index in [1.54, 1.807) is 0 Å². The van der Waals surface area contributed by atoms with Gasteiger partial charge in [0.2, 0.25) is 5.78 Å². The van der Waals surface area contributed by atoms with E-state index in [0.717, 1.165) is 27.1 Å². The second-order valence-corrected chi connectivity index (χ2v) is 6.11. The molecule has 0 amide bonds. The molecule has 0 bridgehead atoms. The van der Waals surface area contributed by atoms with Gasteiger partial charge >= 0.3 is 5.97 Å². The van der Waals surface area contributed by atoms with E-state index in [0.29, 0.717) is 6.42 Å². The number of aryl methyl sites for hydroxylation is 3. The lowest BCUT2D eigenvalue weighted by Gasteiger charge is -2.02. The summed E-state index contributed by atoms with van der Waals surface area (Å²) >= 11 is 3.61. The van der Waals surface area contributed by atoms with Crippen molar-refractivity contribution in [1.29, 1.82) is 0 Å². The molecule has 0 saturated carbocycles. The van der Waals surface area contributed by atoms with E-state index in [-0.39, 0.29) is 6.42 Å². The Balaban J connectivity index is 2.26. The molecule has 0 saturated heterocycles. The molecule has 0 aliphatic heterocycles. The summed E-state index contributed by atoms with van der Waals surface area (Å²) in [6.07, 6.45) is 0.581. The molecule has 0 spiro atoms. The molecule has 110 valence electrons. The number of carboxylic acids is 1. The Bertz CT molecular complexity index is 876. The Morgan fingerprint density at radius 3 is 2.67 bits per heavy atom. The Morgan fingerprint density at radius 1 is 1.33 bits per heavy atom. The number of fused-ring (bicyclic) bond motifs is 3. The molecule has 3 aromatic rings. The monoisotopic (exact) mass is 349 g/mol. The lowest BCUT2D eigenvalue weighted by atomic mass is 10.1. The summed E-state index contributed by atoms with van der Waals surface area (Å²) in [6, 6.07) is 4.21. The van der Waals surface area contributed by atoms with Crippen molar-refractivity contribution in [2.24, 2.45) is 7.05 Å². The summed E-state index contributed by atoms with van der Waals surface area (Å²) in [4.78, 5) is 15.5. The molecule has 0 aliphatic carbocycles. The first-order valence-corrected chi connectivity index (χ1v) is 7.53. The van der Waals surface area contributed by atoms with Gasteiger partial charge in [-0.05, 0) is 53.0 Å². The van der Waals surface area contributed by atoms with Crippen molar-refractivity contribution in [3.8, 4) is 0 Å². The van der Waals surface area contributed by atoms with Crippen LogP contribution in [0.1, 0.15) is 23.2 Å². The van der Waals surface area contributed by atoms with Crippen molar-refractivity contribution in [1.82, 2.24) is 14.0 Å². The zero-order chi connectivity index (χ0) is 15.3. The highest BCUT2D eigenvalue weighted by atomic mass is 79.9. The zero-order valence-electron chi connectivity index (χ0n) is 12.1. The first-order valence-electron chi connectivity index (χ1n) is 6.74. The molecule has 1 aromatic carbocycles. The number of halogens is 1. The van der Waals surface area contributed by atoms with Gasteiger partial charge in [0.1, 0.15) is 4.60 Å². The Morgan fingerprint density at radius 2 is 2.00 bits per heavy atom. The van der Waals surface area contributed by atoms with Crippen LogP contribution < -0.4 is 0 Å². The molecule has 0 atom stereocenters. The van der Waals surface area contributed by atoms with E-state index in [4.69, 9.17) is 5.11 Å². The highest BCUT2D eigenvalue weighted by Gasteiger charge is 2.18. The molecule has 6 heteroatoms. The van der Waals surface area contributed by atoms with E-state index in [2.05, 4.69) is 46.9 Å². The third-order valence-electron chi connectivity index (χ3n) is 3.97. The van der Waals surface area contributed by atoms with Crippen LogP contribution in [0.5, 0.6) is 0 Å². The topological polar surface area (TPSA) is 59.5 Å². The molecule has 1 N–H and O–H groups in total. The van der Waals surface area contributed by atoms with Crippen LogP contribution in [0.25, 0.3) is 16.8 Å². The SMILES string of the molecule is Cc1cc2nc3n(C)c(CCC(=O)O)c(Br)n3c2cc1C. The van der Waals surface area contributed by atoms with Crippen LogP contribution in [0.3, 0.4) is 0 Å². The van der Waals surface area contributed by atoms with Gasteiger partial charge in [-0.15, -0.1) is 0 Å². The van der Waals surface area contributed by atoms with Crippen LogP contribution >= 0.6 is 15.9 Å². The smallest absolute Gasteiger partial charge is 0.303 e. The first-order chi connectivity index (χ1) is 9.90. The summed E-state index contributed by atoms with van der Waals surface area (Å²) in [6.45, 7) is 4.16. The van der Waals surface area contributed by atoms with Crippen molar-refractivity contribution >= 4 is 38.7 Å². The van der Waals surface area contributed by atoms with Gasteiger partial charge in [-0.1, -0.05) is 0 Å². The van der Waals surface area contributed by atoms with Gasteiger partial charge in [0.05, 0.1) is 23.1 Å². The fourth-order valence-electron chi connectivity index (χ4n) is 2.62. The fourth-order valence-corrected chi connectivity index (χ4v) is 3.44. The summed E-state index contributed by atoms with van der Waals surface area (Å²) in [5, 5.41) is 8.87. The molecule has 2 aromatic heterocycles. The minimum Gasteiger partial charge on any atom is -0.481 e.